The van der Waals surface area contributed by atoms with E-state index in [2.05, 4.69) is 4.74 Å². The van der Waals surface area contributed by atoms with Gasteiger partial charge in [-0.3, -0.25) is 9.59 Å². The van der Waals surface area contributed by atoms with Crippen molar-refractivity contribution in [2.75, 3.05) is 0 Å². The Labute approximate surface area is 127 Å². The highest BCUT2D eigenvalue weighted by molar-refractivity contribution is 6.47. The molecule has 0 saturated heterocycles. The number of carbonyl (C=O) groups is 2. The lowest BCUT2D eigenvalue weighted by Crippen LogP contribution is -2.08. The van der Waals surface area contributed by atoms with Crippen molar-refractivity contribution < 1.29 is 23.1 Å². The average Bonchev–Trinajstić information content (AvgIpc) is 2.74. The number of Topliss-reactive ketones (excluding diaryl/α,β-unsaturated/α-hetero) is 1. The Balaban J connectivity index is 2.44. The van der Waals surface area contributed by atoms with E-state index in [1.165, 1.54) is 35.0 Å². The molecule has 0 radical (unpaired) electrons. The molecule has 0 amide bonds. The van der Waals surface area contributed by atoms with E-state index in [0.29, 0.717) is 5.69 Å². The van der Waals surface area contributed by atoms with Gasteiger partial charge in [0, 0.05) is 11.9 Å². The summed E-state index contributed by atoms with van der Waals surface area (Å²) in [5.74, 6) is -0.888. The molecule has 0 atom stereocenters. The molecule has 0 aliphatic rings. The average molecular weight is 334 g/mol. The van der Waals surface area contributed by atoms with E-state index < -0.39 is 12.4 Å². The van der Waals surface area contributed by atoms with Crippen molar-refractivity contribution in [2.24, 2.45) is 0 Å². The Morgan fingerprint density at radius 2 is 1.86 bits per heavy atom. The molecule has 0 fully saturated rings. The van der Waals surface area contributed by atoms with E-state index in [4.69, 9.17) is 23.2 Å². The Morgan fingerprint density at radius 1 is 1.24 bits per heavy atom. The van der Waals surface area contributed by atoms with Crippen molar-refractivity contribution in [3.8, 4) is 11.4 Å². The maximum absolute atomic E-state index is 12.1. The van der Waals surface area contributed by atoms with E-state index in [-0.39, 0.29) is 27.8 Å². The summed E-state index contributed by atoms with van der Waals surface area (Å²) in [5.41, 5.74) is 0.315. The number of hydrogen-bond donors (Lipinski definition) is 0. The van der Waals surface area contributed by atoms with Gasteiger partial charge in [0.05, 0.1) is 10.0 Å². The molecule has 110 valence electrons. The minimum absolute atomic E-state index is 0.0404. The molecule has 2 rings (SSSR count). The quantitative estimate of drug-likeness (QED) is 0.475. The monoisotopic (exact) mass is 333 g/mol. The maximum atomic E-state index is 12.1. The van der Waals surface area contributed by atoms with Gasteiger partial charge < -0.3 is 9.30 Å². The van der Waals surface area contributed by atoms with Gasteiger partial charge in [0.2, 0.25) is 5.78 Å². The van der Waals surface area contributed by atoms with Gasteiger partial charge in [-0.05, 0) is 24.3 Å². The fraction of sp³-hybridized carbons (Fsp3) is 0.0769. The van der Waals surface area contributed by atoms with Gasteiger partial charge in [0.25, 0.3) is 0 Å². The molecule has 8 heteroatoms. The SMILES string of the molecule is O=CC(=O)c1c(Cl)c(Cl)cn1-c1ccc(OC(F)F)cc1. The third-order valence-electron chi connectivity index (χ3n) is 2.58. The molecule has 0 aliphatic heterocycles. The molecule has 0 bridgehead atoms. The summed E-state index contributed by atoms with van der Waals surface area (Å²) in [7, 11) is 0. The molecule has 0 aliphatic carbocycles. The predicted molar refractivity (Wildman–Crippen MR) is 72.8 cm³/mol. The summed E-state index contributed by atoms with van der Waals surface area (Å²) in [6, 6.07) is 5.43. The minimum Gasteiger partial charge on any atom is -0.435 e. The summed E-state index contributed by atoms with van der Waals surface area (Å²) in [4.78, 5) is 22.3. The second kappa shape index (κ2) is 6.24. The number of ether oxygens (including phenoxy) is 1. The summed E-state index contributed by atoms with van der Waals surface area (Å²) >= 11 is 11.7. The third kappa shape index (κ3) is 3.22. The first-order valence-corrected chi connectivity index (χ1v) is 6.30. The van der Waals surface area contributed by atoms with Crippen molar-refractivity contribution in [3.05, 3.63) is 46.2 Å². The van der Waals surface area contributed by atoms with E-state index in [0.717, 1.165) is 0 Å². The molecule has 0 spiro atoms. The van der Waals surface area contributed by atoms with Crippen LogP contribution in [0.1, 0.15) is 10.5 Å². The first kappa shape index (κ1) is 15.5. The van der Waals surface area contributed by atoms with Gasteiger partial charge in [0.1, 0.15) is 11.4 Å². The molecule has 4 nitrogen and oxygen atoms in total. The van der Waals surface area contributed by atoms with Crippen LogP contribution in [0, 0.1) is 0 Å². The standard InChI is InChI=1S/C13H7Cl2F2NO3/c14-9-5-18(12(11(9)15)10(20)6-19)7-1-3-8(4-2-7)21-13(16)17/h1-6,13H. The Morgan fingerprint density at radius 3 is 2.38 bits per heavy atom. The zero-order chi connectivity index (χ0) is 15.6. The van der Waals surface area contributed by atoms with E-state index in [1.807, 2.05) is 0 Å². The molecule has 2 aromatic rings. The first-order chi connectivity index (χ1) is 9.93. The molecule has 1 aromatic heterocycles. The zero-order valence-electron chi connectivity index (χ0n) is 10.2. The van der Waals surface area contributed by atoms with Gasteiger partial charge in [-0.2, -0.15) is 8.78 Å². The third-order valence-corrected chi connectivity index (χ3v) is 3.35. The van der Waals surface area contributed by atoms with Gasteiger partial charge in [-0.15, -0.1) is 0 Å². The van der Waals surface area contributed by atoms with Crippen molar-refractivity contribution in [3.63, 3.8) is 0 Å². The predicted octanol–water partition coefficient (Wildman–Crippen LogP) is 3.77. The Hall–Kier alpha value is -1.92. The van der Waals surface area contributed by atoms with Gasteiger partial charge in [-0.25, -0.2) is 0 Å². The van der Waals surface area contributed by atoms with Crippen LogP contribution in [0.2, 0.25) is 10.0 Å². The van der Waals surface area contributed by atoms with Crippen LogP contribution in [0.3, 0.4) is 0 Å². The van der Waals surface area contributed by atoms with Crippen molar-refractivity contribution in [1.82, 2.24) is 4.57 Å². The number of aldehydes is 1. The molecule has 1 heterocycles. The van der Waals surface area contributed by atoms with Crippen LogP contribution >= 0.6 is 23.2 Å². The molecule has 21 heavy (non-hydrogen) atoms. The zero-order valence-corrected chi connectivity index (χ0v) is 11.7. The number of halogens is 4. The van der Waals surface area contributed by atoms with Crippen LogP contribution < -0.4 is 4.74 Å². The van der Waals surface area contributed by atoms with Crippen LogP contribution in [-0.4, -0.2) is 23.2 Å². The van der Waals surface area contributed by atoms with Crippen LogP contribution in [0.25, 0.3) is 5.69 Å². The van der Waals surface area contributed by atoms with Crippen LogP contribution in [0.5, 0.6) is 5.75 Å². The second-order valence-electron chi connectivity index (χ2n) is 3.86. The number of alkyl halides is 2. The normalized spacial score (nSPS) is 10.7. The van der Waals surface area contributed by atoms with Crippen LogP contribution in [-0.2, 0) is 4.79 Å². The lowest BCUT2D eigenvalue weighted by Gasteiger charge is -2.09. The molecule has 0 N–H and O–H groups in total. The lowest BCUT2D eigenvalue weighted by molar-refractivity contribution is -0.104. The number of rotatable bonds is 5. The number of benzene rings is 1. The van der Waals surface area contributed by atoms with Crippen molar-refractivity contribution in [2.45, 2.75) is 6.61 Å². The Kier molecular flexibility index (Phi) is 4.59. The maximum Gasteiger partial charge on any atom is 0.387 e. The second-order valence-corrected chi connectivity index (χ2v) is 4.65. The number of hydrogen-bond acceptors (Lipinski definition) is 3. The first-order valence-electron chi connectivity index (χ1n) is 5.55. The summed E-state index contributed by atoms with van der Waals surface area (Å²) in [5, 5.41) is 0.0384. The Bertz CT molecular complexity index is 683. The number of carbonyl (C=O) groups excluding carboxylic acids is 2. The molecular formula is C13H7Cl2F2NO3. The van der Waals surface area contributed by atoms with Crippen molar-refractivity contribution in [1.29, 1.82) is 0 Å². The fourth-order valence-electron chi connectivity index (χ4n) is 1.73. The minimum atomic E-state index is -2.93. The summed E-state index contributed by atoms with van der Waals surface area (Å²) in [6.07, 6.45) is 1.46. The summed E-state index contributed by atoms with van der Waals surface area (Å²) < 4.78 is 29.7. The fourth-order valence-corrected chi connectivity index (χ4v) is 2.15. The molecule has 0 unspecified atom stereocenters. The highest BCUT2D eigenvalue weighted by Gasteiger charge is 2.20. The van der Waals surface area contributed by atoms with E-state index >= 15 is 0 Å². The lowest BCUT2D eigenvalue weighted by atomic mass is 10.2. The highest BCUT2D eigenvalue weighted by Crippen LogP contribution is 2.31. The molecule has 1 aromatic carbocycles. The molecular weight excluding hydrogens is 327 g/mol. The molecule has 0 saturated carbocycles. The van der Waals surface area contributed by atoms with Crippen LogP contribution in [0.15, 0.2) is 30.5 Å². The van der Waals surface area contributed by atoms with Gasteiger partial charge in [-0.1, -0.05) is 23.2 Å². The van der Waals surface area contributed by atoms with Crippen LogP contribution in [0.4, 0.5) is 8.78 Å². The summed E-state index contributed by atoms with van der Waals surface area (Å²) in [6.45, 7) is -2.93. The number of ketones is 1. The number of aromatic nitrogens is 1. The van der Waals surface area contributed by atoms with Gasteiger partial charge >= 0.3 is 6.61 Å². The van der Waals surface area contributed by atoms with E-state index in [1.54, 1.807) is 0 Å². The largest absolute Gasteiger partial charge is 0.435 e. The van der Waals surface area contributed by atoms with E-state index in [9.17, 15) is 18.4 Å². The highest BCUT2D eigenvalue weighted by atomic mass is 35.5. The van der Waals surface area contributed by atoms with Gasteiger partial charge in [0.15, 0.2) is 6.29 Å². The smallest absolute Gasteiger partial charge is 0.387 e. The number of nitrogens with zero attached hydrogens (tertiary/aromatic N) is 1. The van der Waals surface area contributed by atoms with Crippen molar-refractivity contribution >= 4 is 35.3 Å². The topological polar surface area (TPSA) is 48.3 Å².